The first-order valence-corrected chi connectivity index (χ1v) is 6.64. The Balaban J connectivity index is 1.98. The molecule has 0 amide bonds. The van der Waals surface area contributed by atoms with Gasteiger partial charge in [0.2, 0.25) is 0 Å². The number of hydrogen-bond acceptors (Lipinski definition) is 4. The Bertz CT molecular complexity index is 148. The van der Waals surface area contributed by atoms with Crippen molar-refractivity contribution in [3.63, 3.8) is 0 Å². The Morgan fingerprint density at radius 2 is 2.07 bits per heavy atom. The van der Waals surface area contributed by atoms with Gasteiger partial charge in [-0.3, -0.25) is 0 Å². The first-order chi connectivity index (χ1) is 6.76. The third-order valence-corrected chi connectivity index (χ3v) is 4.32. The minimum Gasteiger partial charge on any atom is -0.379 e. The van der Waals surface area contributed by atoms with Crippen LogP contribution in [0, 0.1) is 0 Å². The standard InChI is InChI=1S/C9H20O4Si/c1-7(14-9(10-2)11-3)4-12-5-8-6-13-8/h7-9H,4-6,14H2,1-3H3. The molecule has 0 bridgehead atoms. The molecule has 1 heterocycles. The van der Waals surface area contributed by atoms with Crippen LogP contribution in [0.5, 0.6) is 0 Å². The predicted molar refractivity (Wildman–Crippen MR) is 56.3 cm³/mol. The van der Waals surface area contributed by atoms with Gasteiger partial charge >= 0.3 is 0 Å². The van der Waals surface area contributed by atoms with Crippen LogP contribution in [0.1, 0.15) is 6.92 Å². The summed E-state index contributed by atoms with van der Waals surface area (Å²) in [5, 5.41) is 0. The summed E-state index contributed by atoms with van der Waals surface area (Å²) in [5.74, 6) is 0.0192. The lowest BCUT2D eigenvalue weighted by Crippen LogP contribution is -2.26. The zero-order chi connectivity index (χ0) is 10.4. The first-order valence-electron chi connectivity index (χ1n) is 5.01. The van der Waals surface area contributed by atoms with Crippen molar-refractivity contribution in [1.29, 1.82) is 0 Å². The van der Waals surface area contributed by atoms with Crippen LogP contribution >= 0.6 is 0 Å². The van der Waals surface area contributed by atoms with E-state index in [4.69, 9.17) is 18.9 Å². The summed E-state index contributed by atoms with van der Waals surface area (Å²) in [6, 6.07) is 0. The van der Waals surface area contributed by atoms with E-state index in [1.165, 1.54) is 0 Å². The van der Waals surface area contributed by atoms with Crippen molar-refractivity contribution in [3.05, 3.63) is 0 Å². The molecular formula is C9H20O4Si. The van der Waals surface area contributed by atoms with Gasteiger partial charge in [0.25, 0.3) is 0 Å². The highest BCUT2D eigenvalue weighted by Gasteiger charge is 2.22. The van der Waals surface area contributed by atoms with Gasteiger partial charge in [0.1, 0.15) is 12.0 Å². The smallest absolute Gasteiger partial charge is 0.134 e. The summed E-state index contributed by atoms with van der Waals surface area (Å²) in [5.41, 5.74) is 0.582. The van der Waals surface area contributed by atoms with Gasteiger partial charge in [-0.2, -0.15) is 0 Å². The molecule has 1 fully saturated rings. The zero-order valence-corrected chi connectivity index (χ0v) is 10.6. The second-order valence-electron chi connectivity index (χ2n) is 3.73. The fraction of sp³-hybridized carbons (Fsp3) is 1.00. The van der Waals surface area contributed by atoms with E-state index in [0.717, 1.165) is 19.8 Å². The topological polar surface area (TPSA) is 40.2 Å². The number of ether oxygens (including phenoxy) is 4. The molecule has 1 aliphatic rings. The Morgan fingerprint density at radius 3 is 2.57 bits per heavy atom. The van der Waals surface area contributed by atoms with E-state index >= 15 is 0 Å². The van der Waals surface area contributed by atoms with Crippen LogP contribution in [0.15, 0.2) is 0 Å². The molecule has 2 atom stereocenters. The summed E-state index contributed by atoms with van der Waals surface area (Å²) in [6.07, 6.45) is 0.365. The number of methoxy groups -OCH3 is 2. The minimum atomic E-state index is -0.385. The molecule has 0 aromatic heterocycles. The second kappa shape index (κ2) is 6.52. The van der Waals surface area contributed by atoms with Gasteiger partial charge in [-0.1, -0.05) is 6.92 Å². The Hall–Kier alpha value is 0.0569. The zero-order valence-electron chi connectivity index (χ0n) is 9.19. The number of epoxide rings is 1. The highest BCUT2D eigenvalue weighted by Crippen LogP contribution is 2.11. The minimum absolute atomic E-state index is 0.0192. The molecule has 0 aromatic carbocycles. The molecule has 1 rings (SSSR count). The van der Waals surface area contributed by atoms with Crippen molar-refractivity contribution in [1.82, 2.24) is 0 Å². The van der Waals surface area contributed by atoms with E-state index in [2.05, 4.69) is 6.92 Å². The molecule has 2 unspecified atom stereocenters. The first kappa shape index (κ1) is 12.1. The van der Waals surface area contributed by atoms with E-state index in [1.807, 2.05) is 0 Å². The third-order valence-electron chi connectivity index (χ3n) is 2.23. The van der Waals surface area contributed by atoms with Gasteiger partial charge in [0, 0.05) is 20.8 Å². The van der Waals surface area contributed by atoms with Gasteiger partial charge in [0.15, 0.2) is 0 Å². The maximum atomic E-state index is 5.51. The molecule has 0 N–H and O–H groups in total. The van der Waals surface area contributed by atoms with E-state index in [0.29, 0.717) is 11.6 Å². The Morgan fingerprint density at radius 1 is 1.43 bits per heavy atom. The van der Waals surface area contributed by atoms with E-state index in [9.17, 15) is 0 Å². The highest BCUT2D eigenvalue weighted by molar-refractivity contribution is 6.38. The molecule has 0 aromatic rings. The molecule has 0 radical (unpaired) electrons. The van der Waals surface area contributed by atoms with Crippen molar-refractivity contribution in [2.45, 2.75) is 24.5 Å². The van der Waals surface area contributed by atoms with Gasteiger partial charge < -0.3 is 18.9 Å². The monoisotopic (exact) mass is 220 g/mol. The quantitative estimate of drug-likeness (QED) is 0.327. The molecule has 84 valence electrons. The van der Waals surface area contributed by atoms with E-state index in [1.54, 1.807) is 14.2 Å². The van der Waals surface area contributed by atoms with Crippen molar-refractivity contribution >= 4 is 9.52 Å². The summed E-state index contributed by atoms with van der Waals surface area (Å²) in [4.78, 5) is 0. The Kier molecular flexibility index (Phi) is 5.65. The van der Waals surface area contributed by atoms with Crippen molar-refractivity contribution in [2.24, 2.45) is 0 Å². The fourth-order valence-electron chi connectivity index (χ4n) is 1.25. The van der Waals surface area contributed by atoms with Crippen LogP contribution in [0.4, 0.5) is 0 Å². The van der Waals surface area contributed by atoms with Gasteiger partial charge in [-0.15, -0.1) is 0 Å². The molecular weight excluding hydrogens is 200 g/mol. The maximum absolute atomic E-state index is 5.51. The molecule has 4 nitrogen and oxygen atoms in total. The van der Waals surface area contributed by atoms with Gasteiger partial charge in [0.05, 0.1) is 22.7 Å². The summed E-state index contributed by atoms with van der Waals surface area (Å²) < 4.78 is 20.9. The Labute approximate surface area is 87.7 Å². The van der Waals surface area contributed by atoms with Gasteiger partial charge in [-0.05, 0) is 5.54 Å². The van der Waals surface area contributed by atoms with Crippen LogP contribution < -0.4 is 0 Å². The van der Waals surface area contributed by atoms with Crippen LogP contribution in [0.3, 0.4) is 0 Å². The molecule has 5 heteroatoms. The lowest BCUT2D eigenvalue weighted by Gasteiger charge is -2.17. The van der Waals surface area contributed by atoms with Crippen molar-refractivity contribution in [3.8, 4) is 0 Å². The highest BCUT2D eigenvalue weighted by atomic mass is 28.2. The van der Waals surface area contributed by atoms with Crippen molar-refractivity contribution in [2.75, 3.05) is 34.0 Å². The maximum Gasteiger partial charge on any atom is 0.134 e. The van der Waals surface area contributed by atoms with E-state index < -0.39 is 0 Å². The summed E-state index contributed by atoms with van der Waals surface area (Å²) in [6.45, 7) is 4.59. The lowest BCUT2D eigenvalue weighted by atomic mass is 10.5. The van der Waals surface area contributed by atoms with Gasteiger partial charge in [-0.25, -0.2) is 0 Å². The normalized spacial score (nSPS) is 23.6. The fourth-order valence-corrected chi connectivity index (χ4v) is 2.59. The third kappa shape index (κ3) is 5.07. The predicted octanol–water partition coefficient (Wildman–Crippen LogP) is -0.0446. The van der Waals surface area contributed by atoms with Crippen LogP contribution in [-0.4, -0.2) is 55.6 Å². The largest absolute Gasteiger partial charge is 0.379 e. The number of hydrogen-bond donors (Lipinski definition) is 0. The molecule has 14 heavy (non-hydrogen) atoms. The summed E-state index contributed by atoms with van der Waals surface area (Å²) in [7, 11) is 2.99. The van der Waals surface area contributed by atoms with Crippen LogP contribution in [0.2, 0.25) is 5.54 Å². The molecule has 0 spiro atoms. The molecule has 1 saturated heterocycles. The number of rotatable bonds is 8. The molecule has 1 aliphatic heterocycles. The lowest BCUT2D eigenvalue weighted by molar-refractivity contribution is -0.0454. The van der Waals surface area contributed by atoms with Crippen LogP contribution in [-0.2, 0) is 18.9 Å². The van der Waals surface area contributed by atoms with Crippen molar-refractivity contribution < 1.29 is 18.9 Å². The van der Waals surface area contributed by atoms with E-state index in [-0.39, 0.29) is 15.4 Å². The molecule has 0 saturated carbocycles. The van der Waals surface area contributed by atoms with Crippen LogP contribution in [0.25, 0.3) is 0 Å². The average Bonchev–Trinajstić information content (AvgIpc) is 2.98. The SMILES string of the molecule is COC(OC)[SiH2]C(C)COCC1CO1. The molecule has 0 aliphatic carbocycles. The average molecular weight is 220 g/mol. The summed E-state index contributed by atoms with van der Waals surface area (Å²) >= 11 is 0. The second-order valence-corrected chi connectivity index (χ2v) is 6.27.